The molecule has 0 spiro atoms. The monoisotopic (exact) mass is 467 g/mol. The minimum Gasteiger partial charge on any atom is -0.493 e. The summed E-state index contributed by atoms with van der Waals surface area (Å²) in [6.07, 6.45) is 1.70. The molecule has 3 aromatic rings. The summed E-state index contributed by atoms with van der Waals surface area (Å²) in [6.45, 7) is 4.12. The molecule has 0 saturated heterocycles. The first-order valence-corrected chi connectivity index (χ1v) is 11.6. The van der Waals surface area contributed by atoms with Crippen LogP contribution in [-0.2, 0) is 4.79 Å². The number of hydrazone groups is 1. The van der Waals surface area contributed by atoms with Crippen LogP contribution in [0.4, 0.5) is 0 Å². The Bertz CT molecular complexity index is 1150. The number of thiophene rings is 1. The minimum atomic E-state index is -0.398. The predicted molar refractivity (Wildman–Crippen MR) is 132 cm³/mol. The van der Waals surface area contributed by atoms with Gasteiger partial charge in [-0.05, 0) is 43.0 Å². The molecule has 0 atom stereocenters. The van der Waals surface area contributed by atoms with Gasteiger partial charge < -0.3 is 14.8 Å². The van der Waals surface area contributed by atoms with Gasteiger partial charge in [-0.2, -0.15) is 5.10 Å². The summed E-state index contributed by atoms with van der Waals surface area (Å²) in [5.41, 5.74) is 4.84. The molecular weight excluding hydrogens is 438 g/mol. The lowest BCUT2D eigenvalue weighted by molar-refractivity contribution is -0.120. The minimum absolute atomic E-state index is 0.196. The van der Waals surface area contributed by atoms with Gasteiger partial charge in [0.05, 0.1) is 26.5 Å². The maximum atomic E-state index is 12.4. The molecule has 0 saturated carbocycles. The summed E-state index contributed by atoms with van der Waals surface area (Å²) in [5.74, 6) is 0.689. The lowest BCUT2D eigenvalue weighted by Gasteiger charge is -2.10. The highest BCUT2D eigenvalue weighted by Gasteiger charge is 2.14. The highest BCUT2D eigenvalue weighted by Crippen LogP contribution is 2.28. The topological polar surface area (TPSA) is 89.0 Å². The average molecular weight is 468 g/mol. The van der Waals surface area contributed by atoms with Crippen LogP contribution in [0.1, 0.15) is 42.6 Å². The molecule has 0 aliphatic carbocycles. The second-order valence-electron chi connectivity index (χ2n) is 7.92. The Labute approximate surface area is 197 Å². The molecule has 2 amide bonds. The summed E-state index contributed by atoms with van der Waals surface area (Å²) in [6, 6.07) is 13.0. The van der Waals surface area contributed by atoms with E-state index in [1.165, 1.54) is 18.9 Å². The Balaban J connectivity index is 1.66. The van der Waals surface area contributed by atoms with Crippen LogP contribution in [0, 0.1) is 5.92 Å². The lowest BCUT2D eigenvalue weighted by atomic mass is 10.0. The van der Waals surface area contributed by atoms with Crippen LogP contribution in [0.2, 0.25) is 0 Å². The number of carbonyl (C=O) groups excluding carboxylic acids is 2. The quantitative estimate of drug-likeness (QED) is 0.337. The Hall–Kier alpha value is -3.39. The lowest BCUT2D eigenvalue weighted by Crippen LogP contribution is -2.35. The molecule has 2 N–H and O–H groups in total. The number of nitrogens with one attached hydrogen (secondary N) is 2. The maximum absolute atomic E-state index is 12.4. The summed E-state index contributed by atoms with van der Waals surface area (Å²) in [4.78, 5) is 24.8. The van der Waals surface area contributed by atoms with E-state index < -0.39 is 5.91 Å². The van der Waals surface area contributed by atoms with E-state index in [-0.39, 0.29) is 12.5 Å². The normalized spacial score (nSPS) is 11.5. The fraction of sp³-hybridized carbons (Fsp3) is 0.320. The maximum Gasteiger partial charge on any atom is 0.259 e. The molecule has 1 heterocycles. The van der Waals surface area contributed by atoms with E-state index in [1.807, 2.05) is 12.1 Å². The molecule has 174 valence electrons. The SMILES string of the molecule is COc1ccc(C(=O)NCC(=O)N/N=C(\CCC(C)C)c2csc3ccccc23)cc1OC. The van der Waals surface area contributed by atoms with Crippen LogP contribution in [0.5, 0.6) is 11.5 Å². The fourth-order valence-corrected chi connectivity index (χ4v) is 4.26. The molecule has 0 aliphatic rings. The van der Waals surface area contributed by atoms with Crippen molar-refractivity contribution in [3.63, 3.8) is 0 Å². The smallest absolute Gasteiger partial charge is 0.259 e. The summed E-state index contributed by atoms with van der Waals surface area (Å²) < 4.78 is 11.6. The second kappa shape index (κ2) is 11.5. The summed E-state index contributed by atoms with van der Waals surface area (Å²) >= 11 is 1.66. The van der Waals surface area contributed by atoms with Gasteiger partial charge in [-0.25, -0.2) is 5.43 Å². The van der Waals surface area contributed by atoms with Crippen LogP contribution < -0.4 is 20.2 Å². The van der Waals surface area contributed by atoms with Gasteiger partial charge in [-0.1, -0.05) is 32.0 Å². The zero-order valence-corrected chi connectivity index (χ0v) is 20.1. The van der Waals surface area contributed by atoms with Crippen LogP contribution in [0.25, 0.3) is 10.1 Å². The van der Waals surface area contributed by atoms with Crippen molar-refractivity contribution in [3.05, 3.63) is 59.0 Å². The van der Waals surface area contributed by atoms with Gasteiger partial charge in [-0.3, -0.25) is 9.59 Å². The first-order valence-electron chi connectivity index (χ1n) is 10.7. The van der Waals surface area contributed by atoms with Crippen LogP contribution in [-0.4, -0.2) is 38.3 Å². The van der Waals surface area contributed by atoms with Crippen LogP contribution in [0.15, 0.2) is 52.9 Å². The number of hydrogen-bond donors (Lipinski definition) is 2. The van der Waals surface area contributed by atoms with E-state index in [9.17, 15) is 9.59 Å². The van der Waals surface area contributed by atoms with Crippen molar-refractivity contribution in [3.8, 4) is 11.5 Å². The van der Waals surface area contributed by atoms with E-state index in [0.29, 0.717) is 23.0 Å². The van der Waals surface area contributed by atoms with Gasteiger partial charge in [0.15, 0.2) is 11.5 Å². The molecule has 3 rings (SSSR count). The summed E-state index contributed by atoms with van der Waals surface area (Å²) in [7, 11) is 3.02. The number of ether oxygens (including phenoxy) is 2. The summed E-state index contributed by atoms with van der Waals surface area (Å²) in [5, 5.41) is 10.2. The van der Waals surface area contributed by atoms with Crippen molar-refractivity contribution in [2.45, 2.75) is 26.7 Å². The van der Waals surface area contributed by atoms with Crippen LogP contribution >= 0.6 is 11.3 Å². The number of rotatable bonds is 10. The van der Waals surface area contributed by atoms with Crippen molar-refractivity contribution >= 4 is 38.9 Å². The van der Waals surface area contributed by atoms with Crippen molar-refractivity contribution in [2.24, 2.45) is 11.0 Å². The third kappa shape index (κ3) is 6.32. The molecule has 1 aromatic heterocycles. The van der Waals surface area contributed by atoms with Gasteiger partial charge in [0.25, 0.3) is 11.8 Å². The van der Waals surface area contributed by atoms with Crippen molar-refractivity contribution < 1.29 is 19.1 Å². The molecule has 0 unspecified atom stereocenters. The molecular formula is C25H29N3O4S. The van der Waals surface area contributed by atoms with E-state index in [0.717, 1.165) is 29.5 Å². The molecule has 0 aliphatic heterocycles. The zero-order chi connectivity index (χ0) is 23.8. The number of benzene rings is 2. The van der Waals surface area contributed by atoms with E-state index in [4.69, 9.17) is 9.47 Å². The van der Waals surface area contributed by atoms with Gasteiger partial charge in [-0.15, -0.1) is 11.3 Å². The zero-order valence-electron chi connectivity index (χ0n) is 19.3. The highest BCUT2D eigenvalue weighted by molar-refractivity contribution is 7.17. The van der Waals surface area contributed by atoms with Crippen LogP contribution in [0.3, 0.4) is 0 Å². The first kappa shape index (κ1) is 24.3. The van der Waals surface area contributed by atoms with Gasteiger partial charge >= 0.3 is 0 Å². The molecule has 33 heavy (non-hydrogen) atoms. The third-order valence-corrected chi connectivity index (χ3v) is 6.08. The molecule has 2 aromatic carbocycles. The highest BCUT2D eigenvalue weighted by atomic mass is 32.1. The number of amides is 2. The number of methoxy groups -OCH3 is 2. The standard InChI is InChI=1S/C25H29N3O4S/c1-16(2)9-11-20(19-15-33-23-8-6-5-7-18(19)23)27-28-24(29)14-26-25(30)17-10-12-21(31-3)22(13-17)32-4/h5-8,10,12-13,15-16H,9,11,14H2,1-4H3,(H,26,30)(H,28,29)/b27-20+. The van der Waals surface area contributed by atoms with E-state index >= 15 is 0 Å². The van der Waals surface area contributed by atoms with Crippen molar-refractivity contribution in [2.75, 3.05) is 20.8 Å². The number of nitrogens with zero attached hydrogens (tertiary/aromatic N) is 1. The Morgan fingerprint density at radius 1 is 1.06 bits per heavy atom. The Morgan fingerprint density at radius 2 is 1.82 bits per heavy atom. The Morgan fingerprint density at radius 3 is 2.55 bits per heavy atom. The fourth-order valence-electron chi connectivity index (χ4n) is 3.29. The van der Waals surface area contributed by atoms with E-state index in [1.54, 1.807) is 29.5 Å². The molecule has 0 bridgehead atoms. The van der Waals surface area contributed by atoms with Gasteiger partial charge in [0.2, 0.25) is 0 Å². The molecule has 0 radical (unpaired) electrons. The van der Waals surface area contributed by atoms with E-state index in [2.05, 4.69) is 47.2 Å². The largest absolute Gasteiger partial charge is 0.493 e. The molecule has 7 nitrogen and oxygen atoms in total. The predicted octanol–water partition coefficient (Wildman–Crippen LogP) is 4.61. The van der Waals surface area contributed by atoms with Crippen molar-refractivity contribution in [1.29, 1.82) is 0 Å². The molecule has 0 fully saturated rings. The number of hydrogen-bond acceptors (Lipinski definition) is 6. The Kier molecular flexibility index (Phi) is 8.43. The third-order valence-electron chi connectivity index (χ3n) is 5.12. The molecule has 8 heteroatoms. The first-order chi connectivity index (χ1) is 15.9. The van der Waals surface area contributed by atoms with Gasteiger partial charge in [0, 0.05) is 26.6 Å². The van der Waals surface area contributed by atoms with Crippen molar-refractivity contribution in [1.82, 2.24) is 10.7 Å². The second-order valence-corrected chi connectivity index (χ2v) is 8.84. The number of fused-ring (bicyclic) bond motifs is 1. The average Bonchev–Trinajstić information content (AvgIpc) is 3.26. The number of carbonyl (C=O) groups is 2. The van der Waals surface area contributed by atoms with Gasteiger partial charge in [0.1, 0.15) is 0 Å².